The number of aromatic hydroxyl groups is 1. The van der Waals surface area contributed by atoms with E-state index in [0.717, 1.165) is 31.3 Å². The van der Waals surface area contributed by atoms with Gasteiger partial charge in [-0.1, -0.05) is 19.1 Å². The van der Waals surface area contributed by atoms with E-state index in [1.54, 1.807) is 12.1 Å². The van der Waals surface area contributed by atoms with Gasteiger partial charge in [0.1, 0.15) is 30.7 Å². The topological polar surface area (TPSA) is 109 Å². The molecule has 178 valence electrons. The number of hydrogen-bond acceptors (Lipinski definition) is 7. The van der Waals surface area contributed by atoms with Gasteiger partial charge in [0.05, 0.1) is 11.6 Å². The first-order valence-corrected chi connectivity index (χ1v) is 11.5. The van der Waals surface area contributed by atoms with Crippen molar-refractivity contribution in [3.63, 3.8) is 0 Å². The number of imidazole rings is 1. The van der Waals surface area contributed by atoms with Crippen molar-refractivity contribution in [3.8, 4) is 17.2 Å². The molecule has 34 heavy (non-hydrogen) atoms. The van der Waals surface area contributed by atoms with E-state index in [1.165, 1.54) is 18.2 Å². The molecule has 1 amide bonds. The summed E-state index contributed by atoms with van der Waals surface area (Å²) in [5, 5.41) is 23.2. The summed E-state index contributed by atoms with van der Waals surface area (Å²) in [4.78, 5) is 19.8. The van der Waals surface area contributed by atoms with Gasteiger partial charge in [-0.3, -0.25) is 15.0 Å². The van der Waals surface area contributed by atoms with E-state index in [0.29, 0.717) is 48.3 Å². The summed E-state index contributed by atoms with van der Waals surface area (Å²) in [5.41, 5.74) is 1.75. The van der Waals surface area contributed by atoms with Crippen LogP contribution >= 0.6 is 0 Å². The van der Waals surface area contributed by atoms with E-state index < -0.39 is 6.23 Å². The van der Waals surface area contributed by atoms with Crippen molar-refractivity contribution in [1.29, 1.82) is 0 Å². The average Bonchev–Trinajstić information content (AvgIpc) is 3.04. The lowest BCUT2D eigenvalue weighted by Gasteiger charge is -2.29. The number of carbonyl (C=O) groups excluding carboxylic acids is 1. The Balaban J connectivity index is 1.61. The molecule has 0 aliphatic carbocycles. The minimum Gasteiger partial charge on any atom is -0.508 e. The minimum atomic E-state index is -0.755. The monoisotopic (exact) mass is 464 g/mol. The molecule has 1 fully saturated rings. The van der Waals surface area contributed by atoms with Crippen LogP contribution < -0.4 is 14.8 Å². The fourth-order valence-electron chi connectivity index (χ4n) is 4.70. The maximum atomic E-state index is 13.1. The highest BCUT2D eigenvalue weighted by Gasteiger charge is 2.30. The highest BCUT2D eigenvalue weighted by atomic mass is 16.6. The van der Waals surface area contributed by atoms with Gasteiger partial charge in [-0.15, -0.1) is 0 Å². The van der Waals surface area contributed by atoms with Gasteiger partial charge < -0.3 is 24.3 Å². The zero-order valence-corrected chi connectivity index (χ0v) is 18.8. The lowest BCUT2D eigenvalue weighted by atomic mass is 10.1. The Labute approximate surface area is 197 Å². The number of benzene rings is 2. The van der Waals surface area contributed by atoms with Crippen molar-refractivity contribution in [1.82, 2.24) is 14.5 Å². The molecule has 0 radical (unpaired) electrons. The van der Waals surface area contributed by atoms with E-state index >= 15 is 0 Å². The summed E-state index contributed by atoms with van der Waals surface area (Å²) < 4.78 is 13.8. The lowest BCUT2D eigenvalue weighted by Crippen LogP contribution is -2.37. The van der Waals surface area contributed by atoms with Crippen LogP contribution in [0.5, 0.6) is 17.2 Å². The first-order valence-electron chi connectivity index (χ1n) is 11.5. The molecule has 2 aliphatic rings. The van der Waals surface area contributed by atoms with Gasteiger partial charge >= 0.3 is 0 Å². The molecule has 0 saturated carbocycles. The maximum Gasteiger partial charge on any atom is 0.258 e. The van der Waals surface area contributed by atoms with Crippen LogP contribution in [0.1, 0.15) is 35.7 Å². The number of fused-ring (bicyclic) bond motifs is 3. The number of phenolic OH excluding ortho intramolecular Hbond substituents is 1. The molecule has 2 atom stereocenters. The Morgan fingerprint density at radius 3 is 2.91 bits per heavy atom. The van der Waals surface area contributed by atoms with Crippen LogP contribution in [-0.2, 0) is 0 Å². The Bertz CT molecular complexity index is 1220. The molecule has 3 aromatic rings. The van der Waals surface area contributed by atoms with Crippen LogP contribution in [0, 0.1) is 0 Å². The van der Waals surface area contributed by atoms with E-state index in [2.05, 4.69) is 11.9 Å². The van der Waals surface area contributed by atoms with Crippen LogP contribution in [-0.4, -0.2) is 63.1 Å². The number of amides is 1. The number of nitrogens with zero attached hydrogens (tertiary/aromatic N) is 3. The molecule has 9 nitrogen and oxygen atoms in total. The van der Waals surface area contributed by atoms with Gasteiger partial charge in [-0.25, -0.2) is 4.98 Å². The third-order valence-corrected chi connectivity index (χ3v) is 6.32. The molecule has 2 aromatic carbocycles. The summed E-state index contributed by atoms with van der Waals surface area (Å²) in [6, 6.07) is 9.78. The van der Waals surface area contributed by atoms with Crippen molar-refractivity contribution < 1.29 is 24.5 Å². The van der Waals surface area contributed by atoms with Crippen LogP contribution in [0.2, 0.25) is 0 Å². The van der Waals surface area contributed by atoms with Crippen molar-refractivity contribution in [3.05, 3.63) is 54.6 Å². The summed E-state index contributed by atoms with van der Waals surface area (Å²) in [6.07, 6.45) is 3.51. The summed E-state index contributed by atoms with van der Waals surface area (Å²) in [7, 11) is 0. The van der Waals surface area contributed by atoms with Crippen molar-refractivity contribution in [2.24, 2.45) is 0 Å². The SMILES string of the molecule is C=CC(O)N1CCCC[C@@H](n2c(NC(=O)c3cccc(O)c3)nc3ccc4c(c32)OCCO4)C1. The van der Waals surface area contributed by atoms with Crippen LogP contribution in [0.15, 0.2) is 49.1 Å². The number of anilines is 1. The Kier molecular flexibility index (Phi) is 6.12. The van der Waals surface area contributed by atoms with E-state index in [4.69, 9.17) is 14.5 Å². The molecule has 3 heterocycles. The van der Waals surface area contributed by atoms with Crippen LogP contribution in [0.4, 0.5) is 5.95 Å². The quantitative estimate of drug-likeness (QED) is 0.497. The summed E-state index contributed by atoms with van der Waals surface area (Å²) in [5.74, 6) is 1.26. The highest BCUT2D eigenvalue weighted by molar-refractivity contribution is 6.04. The first-order chi connectivity index (χ1) is 16.5. The number of nitrogens with one attached hydrogen (secondary N) is 1. The van der Waals surface area contributed by atoms with Crippen molar-refractivity contribution >= 4 is 22.9 Å². The van der Waals surface area contributed by atoms with E-state index in [1.807, 2.05) is 21.6 Å². The number of hydrogen-bond donors (Lipinski definition) is 3. The second-order valence-corrected chi connectivity index (χ2v) is 8.56. The number of likely N-dealkylation sites (tertiary alicyclic amines) is 1. The normalized spacial score (nSPS) is 19.4. The predicted molar refractivity (Wildman–Crippen MR) is 127 cm³/mol. The number of phenols is 1. The van der Waals surface area contributed by atoms with E-state index in [9.17, 15) is 15.0 Å². The number of aromatic nitrogens is 2. The molecule has 5 rings (SSSR count). The highest BCUT2D eigenvalue weighted by Crippen LogP contribution is 2.41. The second kappa shape index (κ2) is 9.36. The summed E-state index contributed by atoms with van der Waals surface area (Å²) in [6.45, 7) is 5.93. The Hall–Kier alpha value is -3.56. The molecular weight excluding hydrogens is 436 g/mol. The Morgan fingerprint density at radius 1 is 1.24 bits per heavy atom. The smallest absolute Gasteiger partial charge is 0.258 e. The second-order valence-electron chi connectivity index (χ2n) is 8.56. The number of carbonyl (C=O) groups is 1. The first kappa shape index (κ1) is 22.2. The molecule has 9 heteroatoms. The third-order valence-electron chi connectivity index (χ3n) is 6.32. The molecule has 1 unspecified atom stereocenters. The van der Waals surface area contributed by atoms with Gasteiger partial charge in [0.25, 0.3) is 5.91 Å². The zero-order chi connectivity index (χ0) is 23.7. The molecule has 1 aromatic heterocycles. The maximum absolute atomic E-state index is 13.1. The number of ether oxygens (including phenoxy) is 2. The van der Waals surface area contributed by atoms with Crippen molar-refractivity contribution in [2.75, 3.05) is 31.6 Å². The number of aliphatic hydroxyl groups is 1. The van der Waals surface area contributed by atoms with Crippen LogP contribution in [0.3, 0.4) is 0 Å². The summed E-state index contributed by atoms with van der Waals surface area (Å²) >= 11 is 0. The van der Waals surface area contributed by atoms with Gasteiger partial charge in [-0.05, 0) is 49.2 Å². The fourth-order valence-corrected chi connectivity index (χ4v) is 4.70. The number of rotatable bonds is 5. The van der Waals surface area contributed by atoms with Crippen molar-refractivity contribution in [2.45, 2.75) is 31.5 Å². The van der Waals surface area contributed by atoms with Gasteiger partial charge in [0.15, 0.2) is 11.5 Å². The number of aliphatic hydroxyl groups excluding tert-OH is 1. The Morgan fingerprint density at radius 2 is 2.09 bits per heavy atom. The lowest BCUT2D eigenvalue weighted by molar-refractivity contribution is 0.0371. The third kappa shape index (κ3) is 4.20. The standard InChI is InChI=1S/C25H28N4O5/c1-2-21(31)28-11-4-3-7-17(15-28)29-22-19(9-10-20-23(22)34-13-12-33-20)26-25(29)27-24(32)16-6-5-8-18(30)14-16/h2,5-6,8-10,14,17,21,30-31H,1,3-4,7,11-13,15H2,(H,26,27,32)/t17-,21?/m1/s1. The molecule has 0 bridgehead atoms. The fraction of sp³-hybridized carbons (Fsp3) is 0.360. The van der Waals surface area contributed by atoms with Crippen LogP contribution in [0.25, 0.3) is 11.0 Å². The van der Waals surface area contributed by atoms with Gasteiger partial charge in [-0.2, -0.15) is 0 Å². The molecule has 1 saturated heterocycles. The molecule has 2 aliphatic heterocycles. The van der Waals surface area contributed by atoms with Gasteiger partial charge in [0, 0.05) is 18.7 Å². The largest absolute Gasteiger partial charge is 0.508 e. The molecule has 3 N–H and O–H groups in total. The predicted octanol–water partition coefficient (Wildman–Crippen LogP) is 3.30. The molecular formula is C25H28N4O5. The minimum absolute atomic E-state index is 0.0126. The molecule has 0 spiro atoms. The zero-order valence-electron chi connectivity index (χ0n) is 18.8. The average molecular weight is 465 g/mol. The van der Waals surface area contributed by atoms with E-state index in [-0.39, 0.29) is 17.7 Å². The van der Waals surface area contributed by atoms with Gasteiger partial charge in [0.2, 0.25) is 5.95 Å².